The van der Waals surface area contributed by atoms with E-state index in [-0.39, 0.29) is 11.7 Å². The standard InChI is InChI=1S/C29H26Cl2N6O4/c1-6-41-23-11-22(40-5)18(13-33-23)26-35-24-25(36(26)14(2)3)29(19-8-7-16(30)9-20(19)34-28(29)39)37(27(24)38)21-10-17(31)12-32-15(21)4/h7-14H,6H2,1-5H3,(H,34,39)/t29-/m1/s1. The zero-order valence-corrected chi connectivity index (χ0v) is 24.5. The summed E-state index contributed by atoms with van der Waals surface area (Å²) in [6.07, 6.45) is 3.10. The largest absolute Gasteiger partial charge is 0.496 e. The van der Waals surface area contributed by atoms with Gasteiger partial charge in [0.1, 0.15) is 11.6 Å². The Labute approximate surface area is 246 Å². The number of pyridine rings is 2. The third kappa shape index (κ3) is 3.81. The van der Waals surface area contributed by atoms with Crippen molar-refractivity contribution in [2.24, 2.45) is 0 Å². The van der Waals surface area contributed by atoms with E-state index in [4.69, 9.17) is 37.7 Å². The van der Waals surface area contributed by atoms with Crippen molar-refractivity contribution in [3.63, 3.8) is 0 Å². The molecule has 10 nitrogen and oxygen atoms in total. The second kappa shape index (κ2) is 9.74. The normalized spacial score (nSPS) is 17.3. The zero-order chi connectivity index (χ0) is 29.2. The first-order chi connectivity index (χ1) is 19.6. The van der Waals surface area contributed by atoms with Gasteiger partial charge in [0.15, 0.2) is 11.2 Å². The molecule has 41 heavy (non-hydrogen) atoms. The average Bonchev–Trinajstić information content (AvgIpc) is 3.54. The van der Waals surface area contributed by atoms with Crippen molar-refractivity contribution in [2.75, 3.05) is 23.9 Å². The van der Waals surface area contributed by atoms with Gasteiger partial charge >= 0.3 is 0 Å². The highest BCUT2D eigenvalue weighted by Crippen LogP contribution is 2.55. The number of aryl methyl sites for hydroxylation is 1. The lowest BCUT2D eigenvalue weighted by Gasteiger charge is -2.36. The molecule has 12 heteroatoms. The van der Waals surface area contributed by atoms with Gasteiger partial charge < -0.3 is 19.4 Å². The Morgan fingerprint density at radius 3 is 2.56 bits per heavy atom. The molecule has 0 radical (unpaired) electrons. The topological polar surface area (TPSA) is 111 Å². The van der Waals surface area contributed by atoms with Crippen molar-refractivity contribution in [3.05, 3.63) is 75.4 Å². The monoisotopic (exact) mass is 592 g/mol. The summed E-state index contributed by atoms with van der Waals surface area (Å²) in [5.74, 6) is 0.396. The molecule has 4 aromatic rings. The van der Waals surface area contributed by atoms with Crippen LogP contribution in [0.5, 0.6) is 11.6 Å². The van der Waals surface area contributed by atoms with Crippen LogP contribution in [0.4, 0.5) is 11.4 Å². The van der Waals surface area contributed by atoms with Gasteiger partial charge in [0.2, 0.25) is 5.88 Å². The summed E-state index contributed by atoms with van der Waals surface area (Å²) in [7, 11) is 1.54. The highest BCUT2D eigenvalue weighted by atomic mass is 35.5. The number of amides is 2. The maximum absolute atomic E-state index is 14.5. The van der Waals surface area contributed by atoms with E-state index < -0.39 is 17.4 Å². The van der Waals surface area contributed by atoms with Gasteiger partial charge in [0.05, 0.1) is 41.4 Å². The van der Waals surface area contributed by atoms with Crippen molar-refractivity contribution in [2.45, 2.75) is 39.3 Å². The first kappa shape index (κ1) is 27.0. The molecule has 210 valence electrons. The molecule has 0 aliphatic carbocycles. The Balaban J connectivity index is 1.70. The highest BCUT2D eigenvalue weighted by molar-refractivity contribution is 6.32. The van der Waals surface area contributed by atoms with Crippen molar-refractivity contribution in [3.8, 4) is 23.0 Å². The number of benzene rings is 1. The maximum Gasteiger partial charge on any atom is 0.280 e. The lowest BCUT2D eigenvalue weighted by atomic mass is 9.87. The van der Waals surface area contributed by atoms with Gasteiger partial charge in [0.25, 0.3) is 11.8 Å². The molecule has 5 heterocycles. The number of fused-ring (bicyclic) bond motifs is 4. The van der Waals surface area contributed by atoms with Gasteiger partial charge in [-0.2, -0.15) is 0 Å². The second-order valence-electron chi connectivity index (χ2n) is 10.0. The number of halogens is 2. The number of anilines is 2. The predicted molar refractivity (Wildman–Crippen MR) is 155 cm³/mol. The van der Waals surface area contributed by atoms with Gasteiger partial charge in [-0.3, -0.25) is 19.5 Å². The van der Waals surface area contributed by atoms with Crippen LogP contribution in [0.15, 0.2) is 42.7 Å². The van der Waals surface area contributed by atoms with Gasteiger partial charge in [-0.25, -0.2) is 9.97 Å². The fourth-order valence-corrected chi connectivity index (χ4v) is 6.03. The number of nitrogens with one attached hydrogen (secondary N) is 1. The molecule has 0 saturated carbocycles. The molecule has 1 spiro atoms. The number of rotatable bonds is 6. The zero-order valence-electron chi connectivity index (χ0n) is 23.0. The summed E-state index contributed by atoms with van der Waals surface area (Å²) in [5, 5.41) is 3.73. The first-order valence-corrected chi connectivity index (χ1v) is 13.8. The molecule has 1 atom stereocenters. The van der Waals surface area contributed by atoms with Gasteiger partial charge in [-0.15, -0.1) is 0 Å². The Hall–Kier alpha value is -4.15. The van der Waals surface area contributed by atoms with Crippen LogP contribution in [0.25, 0.3) is 11.4 Å². The van der Waals surface area contributed by atoms with Gasteiger partial charge in [-0.1, -0.05) is 29.3 Å². The van der Waals surface area contributed by atoms with Gasteiger partial charge in [0, 0.05) is 40.8 Å². The fourth-order valence-electron chi connectivity index (χ4n) is 5.71. The number of methoxy groups -OCH3 is 1. The minimum atomic E-state index is -1.62. The smallest absolute Gasteiger partial charge is 0.280 e. The average molecular weight is 593 g/mol. The minimum Gasteiger partial charge on any atom is -0.496 e. The van der Waals surface area contributed by atoms with E-state index >= 15 is 0 Å². The van der Waals surface area contributed by atoms with Crippen molar-refractivity contribution in [1.82, 2.24) is 19.5 Å². The Morgan fingerprint density at radius 1 is 1.07 bits per heavy atom. The SMILES string of the molecule is CCOc1cc(OC)c(-c2nc3c(n2C(C)C)[C@]2(C(=O)Nc4cc(Cl)ccc42)N(c2cc(Cl)cnc2C)C3=O)cn1. The van der Waals surface area contributed by atoms with Gasteiger partial charge in [-0.05, 0) is 45.9 Å². The number of imidazole rings is 1. The summed E-state index contributed by atoms with van der Waals surface area (Å²) < 4.78 is 13.1. The molecule has 0 unspecified atom stereocenters. The molecule has 0 bridgehead atoms. The Morgan fingerprint density at radius 2 is 1.85 bits per heavy atom. The van der Waals surface area contributed by atoms with Crippen LogP contribution < -0.4 is 19.7 Å². The molecule has 2 aliphatic rings. The molecule has 1 N–H and O–H groups in total. The quantitative estimate of drug-likeness (QED) is 0.301. The maximum atomic E-state index is 14.5. The summed E-state index contributed by atoms with van der Waals surface area (Å²) in [5.41, 5.74) is 1.45. The summed E-state index contributed by atoms with van der Waals surface area (Å²) in [6.45, 7) is 7.99. The first-order valence-electron chi connectivity index (χ1n) is 13.0. The van der Waals surface area contributed by atoms with E-state index in [2.05, 4.69) is 15.3 Å². The number of ether oxygens (including phenoxy) is 2. The highest BCUT2D eigenvalue weighted by Gasteiger charge is 2.64. The molecule has 3 aromatic heterocycles. The Bertz CT molecular complexity index is 1750. The molecule has 6 rings (SSSR count). The number of hydrogen-bond acceptors (Lipinski definition) is 7. The van der Waals surface area contributed by atoms with E-state index in [1.807, 2.05) is 25.3 Å². The number of carbonyl (C=O) groups excluding carboxylic acids is 2. The predicted octanol–water partition coefficient (Wildman–Crippen LogP) is 5.80. The fraction of sp³-hybridized carbons (Fsp3) is 0.276. The van der Waals surface area contributed by atoms with Crippen molar-refractivity contribution < 1.29 is 19.1 Å². The number of aromatic nitrogens is 4. The third-order valence-electron chi connectivity index (χ3n) is 7.32. The van der Waals surface area contributed by atoms with Crippen LogP contribution in [0.1, 0.15) is 54.3 Å². The minimum absolute atomic E-state index is 0.127. The van der Waals surface area contributed by atoms with Crippen molar-refractivity contribution >= 4 is 46.4 Å². The summed E-state index contributed by atoms with van der Waals surface area (Å²) in [4.78, 5) is 43.9. The van der Waals surface area contributed by atoms with E-state index in [9.17, 15) is 9.59 Å². The lowest BCUT2D eigenvalue weighted by Crippen LogP contribution is -2.51. The van der Waals surface area contributed by atoms with Crippen molar-refractivity contribution in [1.29, 1.82) is 0 Å². The lowest BCUT2D eigenvalue weighted by molar-refractivity contribution is -0.119. The number of hydrogen-bond donors (Lipinski definition) is 1. The summed E-state index contributed by atoms with van der Waals surface area (Å²) >= 11 is 12.7. The Kier molecular flexibility index (Phi) is 6.43. The molecule has 0 saturated heterocycles. The van der Waals surface area contributed by atoms with Crippen LogP contribution in [-0.4, -0.2) is 45.1 Å². The molecule has 2 aliphatic heterocycles. The second-order valence-corrected chi connectivity index (χ2v) is 10.9. The van der Waals surface area contributed by atoms with Crippen LogP contribution in [-0.2, 0) is 10.3 Å². The van der Waals surface area contributed by atoms with Crippen LogP contribution in [0, 0.1) is 6.92 Å². The van der Waals surface area contributed by atoms with E-state index in [0.717, 1.165) is 0 Å². The number of nitrogens with zero attached hydrogens (tertiary/aromatic N) is 5. The van der Waals surface area contributed by atoms with Crippen LogP contribution in [0.3, 0.4) is 0 Å². The molecular formula is C29H26Cl2N6O4. The van der Waals surface area contributed by atoms with E-state index in [1.165, 1.54) is 11.1 Å². The van der Waals surface area contributed by atoms with Crippen LogP contribution >= 0.6 is 23.2 Å². The molecule has 0 fully saturated rings. The molecule has 2 amide bonds. The molecule has 1 aromatic carbocycles. The molecular weight excluding hydrogens is 567 g/mol. The van der Waals surface area contributed by atoms with Crippen LogP contribution in [0.2, 0.25) is 10.0 Å². The third-order valence-corrected chi connectivity index (χ3v) is 7.76. The number of carbonyl (C=O) groups is 2. The van der Waals surface area contributed by atoms with E-state index in [0.29, 0.717) is 68.0 Å². The van der Waals surface area contributed by atoms with E-state index in [1.54, 1.807) is 50.6 Å². The summed E-state index contributed by atoms with van der Waals surface area (Å²) in [6, 6.07) is 8.20.